The van der Waals surface area contributed by atoms with Crippen LogP contribution in [0.5, 0.6) is 0 Å². The van der Waals surface area contributed by atoms with Crippen molar-refractivity contribution in [3.8, 4) is 0 Å². The molecule has 1 heterocycles. The summed E-state index contributed by atoms with van der Waals surface area (Å²) in [6.45, 7) is 4.56. The fourth-order valence-electron chi connectivity index (χ4n) is 1.81. The van der Waals surface area contributed by atoms with Gasteiger partial charge < -0.3 is 16.0 Å². The van der Waals surface area contributed by atoms with Gasteiger partial charge in [0, 0.05) is 37.6 Å². The minimum absolute atomic E-state index is 1.12. The van der Waals surface area contributed by atoms with E-state index in [0.717, 1.165) is 37.6 Å². The molecule has 0 spiro atoms. The molecule has 0 aromatic heterocycles. The summed E-state index contributed by atoms with van der Waals surface area (Å²) >= 11 is 0. The SMILES string of the molecule is C1CNCCN1.c1ccc(Nc2ccccc2)cc1. The molecule has 1 aliphatic heterocycles. The van der Waals surface area contributed by atoms with E-state index in [2.05, 4.69) is 16.0 Å². The lowest BCUT2D eigenvalue weighted by atomic mass is 10.3. The van der Waals surface area contributed by atoms with Gasteiger partial charge in [-0.3, -0.25) is 0 Å². The van der Waals surface area contributed by atoms with Crippen LogP contribution in [0.25, 0.3) is 0 Å². The Kier molecular flexibility index (Phi) is 5.93. The topological polar surface area (TPSA) is 36.1 Å². The van der Waals surface area contributed by atoms with Crippen LogP contribution in [0.3, 0.4) is 0 Å². The van der Waals surface area contributed by atoms with E-state index < -0.39 is 0 Å². The first kappa shape index (κ1) is 13.6. The van der Waals surface area contributed by atoms with Gasteiger partial charge in [-0.1, -0.05) is 36.4 Å². The standard InChI is InChI=1S/C12H11N.C4H10N2/c1-3-7-11(8-4-1)13-12-9-5-2-6-10-12;1-2-6-4-3-5-1/h1-10,13H;5-6H,1-4H2. The van der Waals surface area contributed by atoms with Crippen molar-refractivity contribution in [2.75, 3.05) is 31.5 Å². The molecule has 0 aliphatic carbocycles. The maximum Gasteiger partial charge on any atom is 0.0384 e. The first-order chi connectivity index (χ1) is 9.45. The fourth-order valence-corrected chi connectivity index (χ4v) is 1.81. The zero-order chi connectivity index (χ0) is 13.2. The minimum atomic E-state index is 1.12. The summed E-state index contributed by atoms with van der Waals surface area (Å²) in [5, 5.41) is 9.75. The number of hydrogen-bond acceptors (Lipinski definition) is 3. The molecule has 0 bridgehead atoms. The van der Waals surface area contributed by atoms with Crippen LogP contribution in [-0.4, -0.2) is 26.2 Å². The molecule has 2 aromatic carbocycles. The molecule has 1 fully saturated rings. The lowest BCUT2D eigenvalue weighted by Gasteiger charge is -2.11. The third kappa shape index (κ3) is 5.55. The highest BCUT2D eigenvalue weighted by atomic mass is 15.0. The summed E-state index contributed by atoms with van der Waals surface area (Å²) in [4.78, 5) is 0. The normalized spacial score (nSPS) is 14.1. The second-order valence-electron chi connectivity index (χ2n) is 4.36. The fraction of sp³-hybridized carbons (Fsp3) is 0.250. The van der Waals surface area contributed by atoms with Crippen LogP contribution in [0.15, 0.2) is 60.7 Å². The molecular weight excluding hydrogens is 234 g/mol. The summed E-state index contributed by atoms with van der Waals surface area (Å²) < 4.78 is 0. The zero-order valence-electron chi connectivity index (χ0n) is 11.1. The van der Waals surface area contributed by atoms with Gasteiger partial charge in [0.15, 0.2) is 0 Å². The van der Waals surface area contributed by atoms with E-state index in [4.69, 9.17) is 0 Å². The van der Waals surface area contributed by atoms with Gasteiger partial charge in [-0.25, -0.2) is 0 Å². The largest absolute Gasteiger partial charge is 0.356 e. The Bertz CT molecular complexity index is 389. The molecule has 3 nitrogen and oxygen atoms in total. The van der Waals surface area contributed by atoms with Crippen molar-refractivity contribution >= 4 is 11.4 Å². The van der Waals surface area contributed by atoms with Crippen molar-refractivity contribution in [3.05, 3.63) is 60.7 Å². The third-order valence-corrected chi connectivity index (χ3v) is 2.79. The second-order valence-corrected chi connectivity index (χ2v) is 4.36. The first-order valence-electron chi connectivity index (χ1n) is 6.74. The van der Waals surface area contributed by atoms with E-state index in [9.17, 15) is 0 Å². The molecule has 2 aromatic rings. The van der Waals surface area contributed by atoms with Crippen molar-refractivity contribution in [3.63, 3.8) is 0 Å². The average molecular weight is 255 g/mol. The predicted octanol–water partition coefficient (Wildman–Crippen LogP) is 2.61. The van der Waals surface area contributed by atoms with Gasteiger partial charge >= 0.3 is 0 Å². The molecule has 1 saturated heterocycles. The molecule has 0 atom stereocenters. The quantitative estimate of drug-likeness (QED) is 0.772. The van der Waals surface area contributed by atoms with Crippen molar-refractivity contribution in [1.29, 1.82) is 0 Å². The highest BCUT2D eigenvalue weighted by Crippen LogP contribution is 2.14. The monoisotopic (exact) mass is 255 g/mol. The molecule has 3 rings (SSSR count). The Balaban J connectivity index is 0.000000186. The smallest absolute Gasteiger partial charge is 0.0384 e. The molecule has 0 unspecified atom stereocenters. The van der Waals surface area contributed by atoms with Gasteiger partial charge in [-0.05, 0) is 24.3 Å². The van der Waals surface area contributed by atoms with Gasteiger partial charge in [0.1, 0.15) is 0 Å². The molecular formula is C16H21N3. The van der Waals surface area contributed by atoms with Crippen molar-refractivity contribution in [2.45, 2.75) is 0 Å². The van der Waals surface area contributed by atoms with Crippen LogP contribution >= 0.6 is 0 Å². The molecule has 100 valence electrons. The molecule has 0 amide bonds. The van der Waals surface area contributed by atoms with Crippen LogP contribution in [0, 0.1) is 0 Å². The maximum atomic E-state index is 3.30. The van der Waals surface area contributed by atoms with Crippen LogP contribution in [0.4, 0.5) is 11.4 Å². The molecule has 3 heteroatoms. The summed E-state index contributed by atoms with van der Waals surface area (Å²) in [7, 11) is 0. The minimum Gasteiger partial charge on any atom is -0.356 e. The number of piperazine rings is 1. The van der Waals surface area contributed by atoms with E-state index in [0.29, 0.717) is 0 Å². The Morgan fingerprint density at radius 1 is 0.579 bits per heavy atom. The molecule has 0 saturated carbocycles. The van der Waals surface area contributed by atoms with E-state index in [-0.39, 0.29) is 0 Å². The van der Waals surface area contributed by atoms with E-state index >= 15 is 0 Å². The van der Waals surface area contributed by atoms with Gasteiger partial charge in [0.05, 0.1) is 0 Å². The second kappa shape index (κ2) is 8.29. The number of rotatable bonds is 2. The molecule has 3 N–H and O–H groups in total. The summed E-state index contributed by atoms with van der Waals surface area (Å²) in [6, 6.07) is 20.3. The van der Waals surface area contributed by atoms with Crippen molar-refractivity contribution in [1.82, 2.24) is 10.6 Å². The Hall–Kier alpha value is -1.84. The van der Waals surface area contributed by atoms with Crippen LogP contribution < -0.4 is 16.0 Å². The molecule has 1 aliphatic rings. The first-order valence-corrected chi connectivity index (χ1v) is 6.74. The van der Waals surface area contributed by atoms with E-state index in [1.807, 2.05) is 60.7 Å². The van der Waals surface area contributed by atoms with E-state index in [1.54, 1.807) is 0 Å². The maximum absolute atomic E-state index is 3.30. The number of benzene rings is 2. The Labute approximate surface area is 115 Å². The number of hydrogen-bond donors (Lipinski definition) is 3. The summed E-state index contributed by atoms with van der Waals surface area (Å²) in [5.41, 5.74) is 2.24. The van der Waals surface area contributed by atoms with Crippen molar-refractivity contribution < 1.29 is 0 Å². The Morgan fingerprint density at radius 2 is 0.947 bits per heavy atom. The highest BCUT2D eigenvalue weighted by molar-refractivity contribution is 5.58. The highest BCUT2D eigenvalue weighted by Gasteiger charge is 1.91. The predicted molar refractivity (Wildman–Crippen MR) is 81.9 cm³/mol. The van der Waals surface area contributed by atoms with E-state index in [1.165, 1.54) is 0 Å². The lowest BCUT2D eigenvalue weighted by molar-refractivity contribution is 0.534. The summed E-state index contributed by atoms with van der Waals surface area (Å²) in [6.07, 6.45) is 0. The number of para-hydroxylation sites is 2. The number of anilines is 2. The zero-order valence-corrected chi connectivity index (χ0v) is 11.1. The van der Waals surface area contributed by atoms with Gasteiger partial charge in [0.2, 0.25) is 0 Å². The Morgan fingerprint density at radius 3 is 1.26 bits per heavy atom. The van der Waals surface area contributed by atoms with Crippen LogP contribution in [0.1, 0.15) is 0 Å². The van der Waals surface area contributed by atoms with Gasteiger partial charge in [0.25, 0.3) is 0 Å². The lowest BCUT2D eigenvalue weighted by Crippen LogP contribution is -2.39. The third-order valence-electron chi connectivity index (χ3n) is 2.79. The molecule has 0 radical (unpaired) electrons. The van der Waals surface area contributed by atoms with Crippen LogP contribution in [0.2, 0.25) is 0 Å². The van der Waals surface area contributed by atoms with Gasteiger partial charge in [-0.2, -0.15) is 0 Å². The van der Waals surface area contributed by atoms with Crippen molar-refractivity contribution in [2.24, 2.45) is 0 Å². The molecule has 19 heavy (non-hydrogen) atoms. The number of nitrogens with one attached hydrogen (secondary N) is 3. The van der Waals surface area contributed by atoms with Crippen LogP contribution in [-0.2, 0) is 0 Å². The van der Waals surface area contributed by atoms with Gasteiger partial charge in [-0.15, -0.1) is 0 Å². The average Bonchev–Trinajstić information content (AvgIpc) is 2.52. The summed E-state index contributed by atoms with van der Waals surface area (Å²) in [5.74, 6) is 0.